The van der Waals surface area contributed by atoms with Gasteiger partial charge in [0, 0.05) is 12.2 Å². The lowest BCUT2D eigenvalue weighted by Gasteiger charge is -2.12. The average Bonchev–Trinajstić information content (AvgIpc) is 2.47. The van der Waals surface area contributed by atoms with Gasteiger partial charge in [-0.2, -0.15) is 0 Å². The summed E-state index contributed by atoms with van der Waals surface area (Å²) in [5.74, 6) is 1.41. The highest BCUT2D eigenvalue weighted by atomic mass is 16.5. The van der Waals surface area contributed by atoms with Crippen molar-refractivity contribution in [2.75, 3.05) is 7.05 Å². The van der Waals surface area contributed by atoms with Crippen LogP contribution in [0.4, 0.5) is 0 Å². The van der Waals surface area contributed by atoms with Crippen molar-refractivity contribution in [1.82, 2.24) is 10.3 Å². The van der Waals surface area contributed by atoms with Gasteiger partial charge in [0.05, 0.1) is 5.69 Å². The summed E-state index contributed by atoms with van der Waals surface area (Å²) in [6.45, 7) is 7.68. The molecule has 0 fully saturated rings. The molecule has 3 nitrogen and oxygen atoms in total. The zero-order valence-electron chi connectivity index (χ0n) is 13.3. The fourth-order valence-corrected chi connectivity index (χ4v) is 2.18. The topological polar surface area (TPSA) is 34.2 Å². The third-order valence-electron chi connectivity index (χ3n) is 3.46. The number of aromatic nitrogens is 1. The van der Waals surface area contributed by atoms with Crippen LogP contribution in [0.1, 0.15) is 42.3 Å². The van der Waals surface area contributed by atoms with E-state index in [0.29, 0.717) is 19.1 Å². The molecule has 0 amide bonds. The molecule has 1 N–H and O–H groups in total. The summed E-state index contributed by atoms with van der Waals surface area (Å²) in [5.41, 5.74) is 4.49. The molecule has 1 aromatic carbocycles. The molecule has 0 spiro atoms. The summed E-state index contributed by atoms with van der Waals surface area (Å²) in [5, 5.41) is 3.13. The Bertz CT molecular complexity index is 576. The highest BCUT2D eigenvalue weighted by molar-refractivity contribution is 5.30. The smallest absolute Gasteiger partial charge is 0.142 e. The van der Waals surface area contributed by atoms with Crippen molar-refractivity contribution in [3.63, 3.8) is 0 Å². The lowest BCUT2D eigenvalue weighted by Crippen LogP contribution is -2.10. The SMILES string of the molecule is CNCc1nc(C)ccc1OCc1ccc(C(C)C)cc1. The summed E-state index contributed by atoms with van der Waals surface area (Å²) in [6, 6.07) is 12.6. The number of pyridine rings is 1. The van der Waals surface area contributed by atoms with Gasteiger partial charge in [0.2, 0.25) is 0 Å². The quantitative estimate of drug-likeness (QED) is 0.876. The first kappa shape index (κ1) is 15.5. The maximum atomic E-state index is 5.93. The molecule has 0 radical (unpaired) electrons. The molecule has 112 valence electrons. The summed E-state index contributed by atoms with van der Waals surface area (Å²) < 4.78 is 5.93. The molecular weight excluding hydrogens is 260 g/mol. The van der Waals surface area contributed by atoms with Gasteiger partial charge in [-0.1, -0.05) is 38.1 Å². The molecule has 0 atom stereocenters. The van der Waals surface area contributed by atoms with Crippen LogP contribution in [-0.2, 0) is 13.2 Å². The molecule has 0 aliphatic rings. The minimum absolute atomic E-state index is 0.559. The Morgan fingerprint density at radius 3 is 2.43 bits per heavy atom. The van der Waals surface area contributed by atoms with Crippen molar-refractivity contribution in [2.45, 2.75) is 39.8 Å². The van der Waals surface area contributed by atoms with Crippen molar-refractivity contribution >= 4 is 0 Å². The van der Waals surface area contributed by atoms with E-state index in [-0.39, 0.29) is 0 Å². The molecule has 2 aromatic rings. The lowest BCUT2D eigenvalue weighted by molar-refractivity contribution is 0.300. The summed E-state index contributed by atoms with van der Waals surface area (Å²) in [4.78, 5) is 4.52. The van der Waals surface area contributed by atoms with Gasteiger partial charge >= 0.3 is 0 Å². The van der Waals surface area contributed by atoms with Crippen LogP contribution < -0.4 is 10.1 Å². The highest BCUT2D eigenvalue weighted by Gasteiger charge is 2.06. The van der Waals surface area contributed by atoms with Crippen molar-refractivity contribution in [2.24, 2.45) is 0 Å². The number of benzene rings is 1. The van der Waals surface area contributed by atoms with Gasteiger partial charge in [-0.3, -0.25) is 4.98 Å². The number of rotatable bonds is 6. The molecule has 0 unspecified atom stereocenters. The van der Waals surface area contributed by atoms with E-state index < -0.39 is 0 Å². The highest BCUT2D eigenvalue weighted by Crippen LogP contribution is 2.19. The second-order valence-corrected chi connectivity index (χ2v) is 5.61. The molecular formula is C18H24N2O. The van der Waals surface area contributed by atoms with Crippen LogP contribution in [0.25, 0.3) is 0 Å². The molecule has 0 saturated carbocycles. The Labute approximate surface area is 127 Å². The Morgan fingerprint density at radius 2 is 1.81 bits per heavy atom. The number of ether oxygens (including phenoxy) is 1. The molecule has 0 saturated heterocycles. The van der Waals surface area contributed by atoms with Gasteiger partial charge in [-0.25, -0.2) is 0 Å². The predicted octanol–water partition coefficient (Wildman–Crippen LogP) is 3.81. The number of aryl methyl sites for hydroxylation is 1. The van der Waals surface area contributed by atoms with Gasteiger partial charge < -0.3 is 10.1 Å². The van der Waals surface area contributed by atoms with Crippen LogP contribution in [0.5, 0.6) is 5.75 Å². The normalized spacial score (nSPS) is 10.9. The summed E-state index contributed by atoms with van der Waals surface area (Å²) in [6.07, 6.45) is 0. The van der Waals surface area contributed by atoms with Crippen LogP contribution >= 0.6 is 0 Å². The van der Waals surface area contributed by atoms with Crippen LogP contribution in [0.15, 0.2) is 36.4 Å². The number of nitrogens with zero attached hydrogens (tertiary/aromatic N) is 1. The summed E-state index contributed by atoms with van der Waals surface area (Å²) in [7, 11) is 1.92. The monoisotopic (exact) mass is 284 g/mol. The summed E-state index contributed by atoms with van der Waals surface area (Å²) >= 11 is 0. The van der Waals surface area contributed by atoms with Crippen LogP contribution in [0.2, 0.25) is 0 Å². The Hall–Kier alpha value is -1.87. The number of nitrogens with one attached hydrogen (secondary N) is 1. The van der Waals surface area contributed by atoms with Crippen LogP contribution in [0.3, 0.4) is 0 Å². The third kappa shape index (κ3) is 4.30. The van der Waals surface area contributed by atoms with E-state index >= 15 is 0 Å². The van der Waals surface area contributed by atoms with E-state index in [1.807, 2.05) is 26.1 Å². The van der Waals surface area contributed by atoms with E-state index in [1.54, 1.807) is 0 Å². The maximum Gasteiger partial charge on any atom is 0.142 e. The first-order valence-electron chi connectivity index (χ1n) is 7.43. The minimum Gasteiger partial charge on any atom is -0.487 e. The van der Waals surface area contributed by atoms with Gasteiger partial charge in [0.25, 0.3) is 0 Å². The second kappa shape index (κ2) is 7.23. The fourth-order valence-electron chi connectivity index (χ4n) is 2.18. The van der Waals surface area contributed by atoms with E-state index in [2.05, 4.69) is 48.4 Å². The Balaban J connectivity index is 2.05. The van der Waals surface area contributed by atoms with Gasteiger partial charge in [-0.15, -0.1) is 0 Å². The van der Waals surface area contributed by atoms with Crippen molar-refractivity contribution in [3.05, 3.63) is 58.9 Å². The van der Waals surface area contributed by atoms with Crippen molar-refractivity contribution < 1.29 is 4.74 Å². The number of hydrogen-bond donors (Lipinski definition) is 1. The molecule has 0 bridgehead atoms. The zero-order valence-corrected chi connectivity index (χ0v) is 13.3. The van der Waals surface area contributed by atoms with E-state index in [1.165, 1.54) is 11.1 Å². The van der Waals surface area contributed by atoms with Crippen molar-refractivity contribution in [3.8, 4) is 5.75 Å². The standard InChI is InChI=1S/C18H24N2O/c1-13(2)16-8-6-15(7-9-16)12-21-18-10-5-14(3)20-17(18)11-19-4/h5-10,13,19H,11-12H2,1-4H3. The first-order chi connectivity index (χ1) is 10.1. The molecule has 2 rings (SSSR count). The molecule has 0 aliphatic heterocycles. The number of hydrogen-bond acceptors (Lipinski definition) is 3. The van der Waals surface area contributed by atoms with Gasteiger partial charge in [0.1, 0.15) is 12.4 Å². The Morgan fingerprint density at radius 1 is 1.10 bits per heavy atom. The van der Waals surface area contributed by atoms with E-state index in [4.69, 9.17) is 4.74 Å². The minimum atomic E-state index is 0.559. The third-order valence-corrected chi connectivity index (χ3v) is 3.46. The van der Waals surface area contributed by atoms with Gasteiger partial charge in [-0.05, 0) is 43.1 Å². The predicted molar refractivity (Wildman–Crippen MR) is 86.6 cm³/mol. The van der Waals surface area contributed by atoms with Gasteiger partial charge in [0.15, 0.2) is 0 Å². The lowest BCUT2D eigenvalue weighted by atomic mass is 10.0. The van der Waals surface area contributed by atoms with Crippen LogP contribution in [-0.4, -0.2) is 12.0 Å². The largest absolute Gasteiger partial charge is 0.487 e. The van der Waals surface area contributed by atoms with E-state index in [9.17, 15) is 0 Å². The van der Waals surface area contributed by atoms with Crippen molar-refractivity contribution in [1.29, 1.82) is 0 Å². The molecule has 0 aliphatic carbocycles. The molecule has 3 heteroatoms. The first-order valence-corrected chi connectivity index (χ1v) is 7.43. The fraction of sp³-hybridized carbons (Fsp3) is 0.389. The molecule has 1 heterocycles. The molecule has 1 aromatic heterocycles. The van der Waals surface area contributed by atoms with E-state index in [0.717, 1.165) is 17.1 Å². The van der Waals surface area contributed by atoms with Crippen LogP contribution in [0, 0.1) is 6.92 Å². The maximum absolute atomic E-state index is 5.93. The zero-order chi connectivity index (χ0) is 15.2. The average molecular weight is 284 g/mol. The Kier molecular flexibility index (Phi) is 5.34. The second-order valence-electron chi connectivity index (χ2n) is 5.61. The molecule has 21 heavy (non-hydrogen) atoms.